The van der Waals surface area contributed by atoms with Crippen molar-refractivity contribution in [3.63, 3.8) is 0 Å². The molecule has 1 aromatic heterocycles. The fourth-order valence-electron chi connectivity index (χ4n) is 3.70. The van der Waals surface area contributed by atoms with E-state index in [1.807, 2.05) is 0 Å². The highest BCUT2D eigenvalue weighted by Crippen LogP contribution is 2.39. The van der Waals surface area contributed by atoms with Crippen LogP contribution in [0.1, 0.15) is 55.2 Å². The molecule has 2 heterocycles. The summed E-state index contributed by atoms with van der Waals surface area (Å²) >= 11 is 0. The molecular formula is C19H20F3N3O3. The van der Waals surface area contributed by atoms with E-state index in [1.165, 1.54) is 11.0 Å². The normalized spacial score (nSPS) is 20.0. The Kier molecular flexibility index (Phi) is 4.76. The number of hydrogen-bond donors (Lipinski definition) is 1. The summed E-state index contributed by atoms with van der Waals surface area (Å²) in [6, 6.07) is 3.55. The molecule has 1 unspecified atom stereocenters. The highest BCUT2D eigenvalue weighted by molar-refractivity contribution is 5.66. The van der Waals surface area contributed by atoms with E-state index >= 15 is 0 Å². The number of amides is 1. The van der Waals surface area contributed by atoms with E-state index in [-0.39, 0.29) is 22.8 Å². The van der Waals surface area contributed by atoms with Gasteiger partial charge in [0.05, 0.1) is 5.56 Å². The van der Waals surface area contributed by atoms with Gasteiger partial charge in [0.1, 0.15) is 6.04 Å². The first kappa shape index (κ1) is 18.8. The van der Waals surface area contributed by atoms with E-state index in [0.717, 1.165) is 25.3 Å². The summed E-state index contributed by atoms with van der Waals surface area (Å²) in [5, 5.41) is 13.0. The Labute approximate surface area is 159 Å². The molecule has 1 saturated carbocycles. The average molecular weight is 395 g/mol. The molecule has 1 saturated heterocycles. The third-order valence-corrected chi connectivity index (χ3v) is 5.42. The third kappa shape index (κ3) is 3.83. The predicted molar refractivity (Wildman–Crippen MR) is 92.5 cm³/mol. The second-order valence-electron chi connectivity index (χ2n) is 7.44. The zero-order valence-corrected chi connectivity index (χ0v) is 15.1. The number of carboxylic acid groups (broad SMARTS) is 1. The van der Waals surface area contributed by atoms with Crippen molar-refractivity contribution in [2.24, 2.45) is 5.92 Å². The van der Waals surface area contributed by atoms with E-state index in [0.29, 0.717) is 31.7 Å². The lowest BCUT2D eigenvalue weighted by atomic mass is 9.98. The highest BCUT2D eigenvalue weighted by atomic mass is 19.4. The Balaban J connectivity index is 1.60. The fourth-order valence-corrected chi connectivity index (χ4v) is 3.70. The lowest BCUT2D eigenvalue weighted by Gasteiger charge is -2.17. The maximum Gasteiger partial charge on any atom is 0.416 e. The van der Waals surface area contributed by atoms with Crippen LogP contribution in [-0.2, 0) is 12.6 Å². The smallest absolute Gasteiger partial charge is 0.416 e. The van der Waals surface area contributed by atoms with Gasteiger partial charge in [0.15, 0.2) is 0 Å². The Morgan fingerprint density at radius 3 is 2.75 bits per heavy atom. The van der Waals surface area contributed by atoms with Gasteiger partial charge in [-0.05, 0) is 43.2 Å². The molecule has 28 heavy (non-hydrogen) atoms. The number of aryl methyl sites for hydroxylation is 1. The van der Waals surface area contributed by atoms with Crippen LogP contribution in [0.3, 0.4) is 0 Å². The van der Waals surface area contributed by atoms with E-state index in [4.69, 9.17) is 4.52 Å². The summed E-state index contributed by atoms with van der Waals surface area (Å²) in [7, 11) is 0. The van der Waals surface area contributed by atoms with Gasteiger partial charge in [0.25, 0.3) is 0 Å². The van der Waals surface area contributed by atoms with Gasteiger partial charge >= 0.3 is 12.3 Å². The second kappa shape index (κ2) is 7.10. The lowest BCUT2D eigenvalue weighted by molar-refractivity contribution is -0.138. The van der Waals surface area contributed by atoms with Crippen molar-refractivity contribution < 1.29 is 27.6 Å². The molecule has 2 aliphatic rings. The van der Waals surface area contributed by atoms with E-state index < -0.39 is 23.9 Å². The van der Waals surface area contributed by atoms with Crippen LogP contribution < -0.4 is 0 Å². The minimum absolute atomic E-state index is 0.0338. The zero-order chi connectivity index (χ0) is 19.9. The van der Waals surface area contributed by atoms with Crippen molar-refractivity contribution in [1.29, 1.82) is 0 Å². The van der Waals surface area contributed by atoms with Crippen LogP contribution in [0, 0.1) is 5.92 Å². The van der Waals surface area contributed by atoms with Crippen molar-refractivity contribution >= 4 is 6.09 Å². The van der Waals surface area contributed by atoms with E-state index in [1.54, 1.807) is 6.07 Å². The van der Waals surface area contributed by atoms with Gasteiger partial charge < -0.3 is 9.63 Å². The van der Waals surface area contributed by atoms with Crippen LogP contribution in [0.15, 0.2) is 22.7 Å². The molecule has 9 heteroatoms. The monoisotopic (exact) mass is 395 g/mol. The maximum atomic E-state index is 13.5. The van der Waals surface area contributed by atoms with E-state index in [9.17, 15) is 23.1 Å². The topological polar surface area (TPSA) is 79.5 Å². The van der Waals surface area contributed by atoms with Crippen LogP contribution in [0.4, 0.5) is 18.0 Å². The molecule has 0 bridgehead atoms. The molecule has 2 aromatic rings. The average Bonchev–Trinajstić information content (AvgIpc) is 3.13. The maximum absolute atomic E-state index is 13.5. The highest BCUT2D eigenvalue weighted by Gasteiger charge is 2.36. The number of likely N-dealkylation sites (tertiary alicyclic amines) is 1. The Morgan fingerprint density at radius 1 is 1.29 bits per heavy atom. The number of alkyl halides is 3. The number of halogens is 3. The van der Waals surface area contributed by atoms with Gasteiger partial charge in [-0.1, -0.05) is 30.1 Å². The summed E-state index contributed by atoms with van der Waals surface area (Å²) in [6.07, 6.45) is -0.980. The van der Waals surface area contributed by atoms with Gasteiger partial charge in [0.2, 0.25) is 11.7 Å². The molecule has 2 fully saturated rings. The second-order valence-corrected chi connectivity index (χ2v) is 7.44. The van der Waals surface area contributed by atoms with Crippen molar-refractivity contribution in [3.05, 3.63) is 35.2 Å². The van der Waals surface area contributed by atoms with Crippen LogP contribution in [0.25, 0.3) is 11.4 Å². The number of benzene rings is 1. The van der Waals surface area contributed by atoms with Crippen molar-refractivity contribution in [2.45, 2.75) is 50.7 Å². The molecule has 4 rings (SSSR count). The van der Waals surface area contributed by atoms with Gasteiger partial charge in [0, 0.05) is 12.1 Å². The van der Waals surface area contributed by atoms with Gasteiger partial charge in [-0.15, -0.1) is 0 Å². The third-order valence-electron chi connectivity index (χ3n) is 5.42. The summed E-state index contributed by atoms with van der Waals surface area (Å²) < 4.78 is 45.8. The van der Waals surface area contributed by atoms with Crippen molar-refractivity contribution in [3.8, 4) is 11.4 Å². The first-order valence-electron chi connectivity index (χ1n) is 9.36. The van der Waals surface area contributed by atoms with Gasteiger partial charge in [-0.3, -0.25) is 4.90 Å². The molecule has 1 aliphatic carbocycles. The molecule has 0 spiro atoms. The molecule has 1 amide bonds. The van der Waals surface area contributed by atoms with Crippen LogP contribution in [-0.4, -0.2) is 32.8 Å². The Morgan fingerprint density at radius 2 is 2.07 bits per heavy atom. The molecule has 6 nitrogen and oxygen atoms in total. The molecule has 1 atom stereocenters. The number of hydrogen-bond acceptors (Lipinski definition) is 4. The van der Waals surface area contributed by atoms with Crippen molar-refractivity contribution in [1.82, 2.24) is 15.0 Å². The minimum atomic E-state index is -4.47. The predicted octanol–water partition coefficient (Wildman–Crippen LogP) is 4.91. The lowest BCUT2D eigenvalue weighted by Crippen LogP contribution is -2.28. The molecule has 1 N–H and O–H groups in total. The summed E-state index contributed by atoms with van der Waals surface area (Å²) in [4.78, 5) is 16.7. The summed E-state index contributed by atoms with van der Waals surface area (Å²) in [5.74, 6) is 0.692. The number of nitrogens with zero attached hydrogens (tertiary/aromatic N) is 3. The number of rotatable bonds is 5. The molecule has 1 aromatic carbocycles. The van der Waals surface area contributed by atoms with E-state index in [2.05, 4.69) is 10.1 Å². The number of aromatic nitrogens is 2. The zero-order valence-electron chi connectivity index (χ0n) is 15.1. The van der Waals surface area contributed by atoms with Crippen molar-refractivity contribution in [2.75, 3.05) is 6.54 Å². The Bertz CT molecular complexity index is 877. The largest absolute Gasteiger partial charge is 0.465 e. The van der Waals surface area contributed by atoms with Gasteiger partial charge in [-0.2, -0.15) is 18.2 Å². The molecule has 150 valence electrons. The van der Waals surface area contributed by atoms with Gasteiger partial charge in [-0.25, -0.2) is 4.79 Å². The quantitative estimate of drug-likeness (QED) is 0.778. The summed E-state index contributed by atoms with van der Waals surface area (Å²) in [6.45, 7) is 0.367. The standard InChI is InChI=1S/C19H20F3N3O3/c20-19(21,22)14-10-13(8-7-12(14)6-5-11-3-4-11)16-23-17(28-24-16)15-2-1-9-25(15)18(26)27/h7-8,10-11,15H,1-6,9H2,(H,26,27). The molecule has 0 radical (unpaired) electrons. The Hall–Kier alpha value is -2.58. The van der Waals surface area contributed by atoms with Crippen LogP contribution in [0.2, 0.25) is 0 Å². The molecule has 1 aliphatic heterocycles. The molecular weight excluding hydrogens is 375 g/mol. The fraction of sp³-hybridized carbons (Fsp3) is 0.526. The van der Waals surface area contributed by atoms with Crippen LogP contribution in [0.5, 0.6) is 0 Å². The van der Waals surface area contributed by atoms with Crippen LogP contribution >= 0.6 is 0 Å². The first-order valence-corrected chi connectivity index (χ1v) is 9.36. The number of carbonyl (C=O) groups is 1. The summed E-state index contributed by atoms with van der Waals surface area (Å²) in [5.41, 5.74) is -0.192. The first-order chi connectivity index (χ1) is 13.3. The SMILES string of the molecule is O=C(O)N1CCCC1c1nc(-c2ccc(CCC3CC3)c(C(F)(F)F)c2)no1. The minimum Gasteiger partial charge on any atom is -0.465 e.